The van der Waals surface area contributed by atoms with Gasteiger partial charge in [-0.3, -0.25) is 0 Å². The first-order valence-electron chi connectivity index (χ1n) is 5.18. The largest absolute Gasteiger partial charge is 0.0715 e. The van der Waals surface area contributed by atoms with Crippen LogP contribution in [0.1, 0.15) is 43.6 Å². The molecule has 0 bridgehead atoms. The van der Waals surface area contributed by atoms with Crippen LogP contribution in [0.25, 0.3) is 0 Å². The van der Waals surface area contributed by atoms with Crippen LogP contribution in [-0.2, 0) is 0 Å². The van der Waals surface area contributed by atoms with Gasteiger partial charge in [-0.2, -0.15) is 0 Å². The molecule has 0 saturated heterocycles. The summed E-state index contributed by atoms with van der Waals surface area (Å²) < 4.78 is 0. The van der Waals surface area contributed by atoms with Crippen molar-refractivity contribution in [3.63, 3.8) is 0 Å². The SMILES string of the molecule is [Si]c1ccccc1C1CCCCC1. The first-order valence-corrected chi connectivity index (χ1v) is 5.68. The van der Waals surface area contributed by atoms with Gasteiger partial charge in [0.15, 0.2) is 0 Å². The zero-order valence-electron chi connectivity index (χ0n) is 7.92. The summed E-state index contributed by atoms with van der Waals surface area (Å²) in [7, 11) is 3.68. The van der Waals surface area contributed by atoms with E-state index in [1.807, 2.05) is 0 Å². The van der Waals surface area contributed by atoms with Crippen molar-refractivity contribution in [1.82, 2.24) is 0 Å². The molecule has 1 aliphatic carbocycles. The highest BCUT2D eigenvalue weighted by molar-refractivity contribution is 6.33. The lowest BCUT2D eigenvalue weighted by Crippen LogP contribution is -2.16. The van der Waals surface area contributed by atoms with Gasteiger partial charge in [-0.05, 0) is 24.3 Å². The average Bonchev–Trinajstić information content (AvgIpc) is 2.20. The van der Waals surface area contributed by atoms with Gasteiger partial charge in [0.05, 0.1) is 10.2 Å². The predicted molar refractivity (Wildman–Crippen MR) is 57.7 cm³/mol. The Morgan fingerprint density at radius 1 is 1.00 bits per heavy atom. The fourth-order valence-corrected chi connectivity index (χ4v) is 2.65. The number of benzene rings is 1. The molecule has 1 heteroatoms. The third kappa shape index (κ3) is 2.02. The fourth-order valence-electron chi connectivity index (χ4n) is 2.27. The van der Waals surface area contributed by atoms with Gasteiger partial charge >= 0.3 is 0 Å². The zero-order valence-corrected chi connectivity index (χ0v) is 8.92. The summed E-state index contributed by atoms with van der Waals surface area (Å²) in [4.78, 5) is 0. The molecule has 0 amide bonds. The summed E-state index contributed by atoms with van der Waals surface area (Å²) in [5.74, 6) is 0.808. The minimum Gasteiger partial charge on any atom is -0.0639 e. The fraction of sp³-hybridized carbons (Fsp3) is 0.500. The van der Waals surface area contributed by atoms with Gasteiger partial charge in [-0.15, -0.1) is 0 Å². The second-order valence-corrected chi connectivity index (χ2v) is 4.46. The summed E-state index contributed by atoms with van der Waals surface area (Å²) in [6.45, 7) is 0. The van der Waals surface area contributed by atoms with E-state index in [0.717, 1.165) is 5.92 Å². The van der Waals surface area contributed by atoms with Crippen molar-refractivity contribution in [2.24, 2.45) is 0 Å². The summed E-state index contributed by atoms with van der Waals surface area (Å²) in [5.41, 5.74) is 1.51. The van der Waals surface area contributed by atoms with Crippen molar-refractivity contribution >= 4 is 15.4 Å². The van der Waals surface area contributed by atoms with Gasteiger partial charge in [0.1, 0.15) is 0 Å². The quantitative estimate of drug-likeness (QED) is 0.593. The molecule has 1 aromatic carbocycles. The van der Waals surface area contributed by atoms with E-state index in [1.54, 1.807) is 0 Å². The number of rotatable bonds is 1. The third-order valence-electron chi connectivity index (χ3n) is 3.01. The molecule has 0 nitrogen and oxygen atoms in total. The molecular formula is C12H15Si. The third-order valence-corrected chi connectivity index (χ3v) is 3.46. The number of hydrogen-bond acceptors (Lipinski definition) is 0. The Labute approximate surface area is 83.8 Å². The maximum atomic E-state index is 3.68. The van der Waals surface area contributed by atoms with Gasteiger partial charge in [0, 0.05) is 0 Å². The molecule has 1 aliphatic rings. The van der Waals surface area contributed by atoms with Gasteiger partial charge in [0.2, 0.25) is 0 Å². The van der Waals surface area contributed by atoms with Crippen LogP contribution < -0.4 is 5.19 Å². The summed E-state index contributed by atoms with van der Waals surface area (Å²) in [6, 6.07) is 8.65. The number of hydrogen-bond donors (Lipinski definition) is 0. The molecule has 1 fully saturated rings. The van der Waals surface area contributed by atoms with Crippen molar-refractivity contribution in [2.45, 2.75) is 38.0 Å². The molecule has 0 heterocycles. The molecule has 1 saturated carbocycles. The molecular weight excluding hydrogens is 172 g/mol. The normalized spacial score (nSPS) is 18.8. The second-order valence-electron chi connectivity index (χ2n) is 3.92. The van der Waals surface area contributed by atoms with Crippen LogP contribution in [0.5, 0.6) is 0 Å². The van der Waals surface area contributed by atoms with E-state index >= 15 is 0 Å². The molecule has 0 N–H and O–H groups in total. The van der Waals surface area contributed by atoms with E-state index in [0.29, 0.717) is 0 Å². The Balaban J connectivity index is 2.18. The summed E-state index contributed by atoms with van der Waals surface area (Å²) in [6.07, 6.45) is 7.00. The molecule has 0 aromatic heterocycles. The van der Waals surface area contributed by atoms with Crippen LogP contribution in [0, 0.1) is 0 Å². The van der Waals surface area contributed by atoms with Crippen LogP contribution in [-0.4, -0.2) is 10.2 Å². The molecule has 0 atom stereocenters. The molecule has 0 aliphatic heterocycles. The van der Waals surface area contributed by atoms with E-state index < -0.39 is 0 Å². The predicted octanol–water partition coefficient (Wildman–Crippen LogP) is 2.53. The summed E-state index contributed by atoms with van der Waals surface area (Å²) >= 11 is 0. The average molecular weight is 187 g/mol. The highest BCUT2D eigenvalue weighted by atomic mass is 28.1. The Morgan fingerprint density at radius 2 is 1.69 bits per heavy atom. The van der Waals surface area contributed by atoms with Crippen molar-refractivity contribution in [3.8, 4) is 0 Å². The minimum absolute atomic E-state index is 0.808. The first kappa shape index (κ1) is 9.01. The van der Waals surface area contributed by atoms with Crippen LogP contribution in [0.15, 0.2) is 24.3 Å². The highest BCUT2D eigenvalue weighted by Gasteiger charge is 2.16. The maximum Gasteiger partial charge on any atom is 0.0715 e. The standard InChI is InChI=1S/C12H15Si/c13-12-9-5-4-8-11(12)10-6-2-1-3-7-10/h4-5,8-10H,1-3,6-7H2. The van der Waals surface area contributed by atoms with Crippen LogP contribution in [0.3, 0.4) is 0 Å². The van der Waals surface area contributed by atoms with Crippen LogP contribution >= 0.6 is 0 Å². The highest BCUT2D eigenvalue weighted by Crippen LogP contribution is 2.31. The van der Waals surface area contributed by atoms with Crippen molar-refractivity contribution in [1.29, 1.82) is 0 Å². The minimum atomic E-state index is 0.808. The topological polar surface area (TPSA) is 0 Å². The van der Waals surface area contributed by atoms with Crippen LogP contribution in [0.2, 0.25) is 0 Å². The van der Waals surface area contributed by atoms with E-state index in [9.17, 15) is 0 Å². The monoisotopic (exact) mass is 187 g/mol. The molecule has 13 heavy (non-hydrogen) atoms. The molecule has 0 spiro atoms. The first-order chi connectivity index (χ1) is 6.38. The Morgan fingerprint density at radius 3 is 2.38 bits per heavy atom. The summed E-state index contributed by atoms with van der Waals surface area (Å²) in [5, 5.41) is 1.29. The van der Waals surface area contributed by atoms with Gasteiger partial charge in [-0.25, -0.2) is 0 Å². The molecule has 3 radical (unpaired) electrons. The zero-order chi connectivity index (χ0) is 9.10. The van der Waals surface area contributed by atoms with Gasteiger partial charge in [-0.1, -0.05) is 48.7 Å². The molecule has 2 rings (SSSR count). The maximum absolute atomic E-state index is 3.68. The van der Waals surface area contributed by atoms with Gasteiger partial charge < -0.3 is 0 Å². The van der Waals surface area contributed by atoms with E-state index in [1.165, 1.54) is 42.9 Å². The Bertz CT molecular complexity index is 274. The van der Waals surface area contributed by atoms with E-state index in [4.69, 9.17) is 0 Å². The Kier molecular flexibility index (Phi) is 2.84. The second kappa shape index (κ2) is 4.10. The van der Waals surface area contributed by atoms with Crippen molar-refractivity contribution in [3.05, 3.63) is 29.8 Å². The lowest BCUT2D eigenvalue weighted by atomic mass is 9.84. The van der Waals surface area contributed by atoms with Crippen LogP contribution in [0.4, 0.5) is 0 Å². The lowest BCUT2D eigenvalue weighted by Gasteiger charge is -2.23. The van der Waals surface area contributed by atoms with Crippen molar-refractivity contribution in [2.75, 3.05) is 0 Å². The lowest BCUT2D eigenvalue weighted by molar-refractivity contribution is 0.445. The van der Waals surface area contributed by atoms with Gasteiger partial charge in [0.25, 0.3) is 0 Å². The Hall–Kier alpha value is -0.563. The van der Waals surface area contributed by atoms with E-state index in [-0.39, 0.29) is 0 Å². The van der Waals surface area contributed by atoms with E-state index in [2.05, 4.69) is 34.5 Å². The smallest absolute Gasteiger partial charge is 0.0639 e. The molecule has 67 valence electrons. The molecule has 1 aromatic rings. The van der Waals surface area contributed by atoms with Crippen molar-refractivity contribution < 1.29 is 0 Å². The molecule has 0 unspecified atom stereocenters.